The average Bonchev–Trinajstić information content (AvgIpc) is 2.75. The third-order valence-electron chi connectivity index (χ3n) is 4.08. The molecule has 0 aliphatic carbocycles. The Bertz CT molecular complexity index is 807. The Hall–Kier alpha value is -2.96. The molecule has 1 aromatic heterocycles. The summed E-state index contributed by atoms with van der Waals surface area (Å²) < 4.78 is 16.6. The lowest BCUT2D eigenvalue weighted by molar-refractivity contribution is 0.0833. The zero-order valence-corrected chi connectivity index (χ0v) is 15.4. The number of urea groups is 1. The molecule has 3 rings (SSSR count). The first kappa shape index (κ1) is 17.8. The van der Waals surface area contributed by atoms with Crippen LogP contribution in [0.2, 0.25) is 0 Å². The lowest BCUT2D eigenvalue weighted by Gasteiger charge is -2.29. The SMILES string of the molecule is COc1ccnc(NC(=O)N2Cc3ccc(OC)cc3OC(C)(C)C2)c1. The van der Waals surface area contributed by atoms with E-state index in [0.717, 1.165) is 17.1 Å². The Labute approximate surface area is 152 Å². The molecular weight excluding hydrogens is 334 g/mol. The highest BCUT2D eigenvalue weighted by molar-refractivity contribution is 5.88. The fourth-order valence-corrected chi connectivity index (χ4v) is 2.88. The minimum absolute atomic E-state index is 0.244. The Morgan fingerprint density at radius 2 is 1.92 bits per heavy atom. The molecule has 0 fully saturated rings. The topological polar surface area (TPSA) is 72.9 Å². The van der Waals surface area contributed by atoms with Crippen LogP contribution in [0.25, 0.3) is 0 Å². The molecule has 2 amide bonds. The fraction of sp³-hybridized carbons (Fsp3) is 0.368. The van der Waals surface area contributed by atoms with Gasteiger partial charge < -0.3 is 19.1 Å². The number of aromatic nitrogens is 1. The molecule has 138 valence electrons. The van der Waals surface area contributed by atoms with Crippen molar-refractivity contribution in [2.45, 2.75) is 26.0 Å². The van der Waals surface area contributed by atoms with Gasteiger partial charge >= 0.3 is 6.03 Å². The number of carbonyl (C=O) groups is 1. The van der Waals surface area contributed by atoms with Crippen LogP contribution in [0.15, 0.2) is 36.5 Å². The van der Waals surface area contributed by atoms with E-state index in [-0.39, 0.29) is 6.03 Å². The number of methoxy groups -OCH3 is 2. The highest BCUT2D eigenvalue weighted by Gasteiger charge is 2.32. The summed E-state index contributed by atoms with van der Waals surface area (Å²) in [5, 5.41) is 2.82. The first-order valence-corrected chi connectivity index (χ1v) is 8.32. The number of ether oxygens (including phenoxy) is 3. The van der Waals surface area contributed by atoms with Crippen molar-refractivity contribution in [3.05, 3.63) is 42.1 Å². The highest BCUT2D eigenvalue weighted by Crippen LogP contribution is 2.32. The number of carbonyl (C=O) groups excluding carboxylic acids is 1. The van der Waals surface area contributed by atoms with Crippen molar-refractivity contribution in [1.29, 1.82) is 0 Å². The largest absolute Gasteiger partial charge is 0.497 e. The molecule has 0 radical (unpaired) electrons. The molecule has 7 nitrogen and oxygen atoms in total. The predicted molar refractivity (Wildman–Crippen MR) is 97.9 cm³/mol. The number of fused-ring (bicyclic) bond motifs is 1. The smallest absolute Gasteiger partial charge is 0.323 e. The van der Waals surface area contributed by atoms with Crippen molar-refractivity contribution >= 4 is 11.8 Å². The van der Waals surface area contributed by atoms with Crippen LogP contribution in [-0.4, -0.2) is 42.3 Å². The molecule has 1 aliphatic rings. The minimum atomic E-state index is -0.545. The summed E-state index contributed by atoms with van der Waals surface area (Å²) in [6, 6.07) is 8.78. The van der Waals surface area contributed by atoms with Crippen LogP contribution in [0, 0.1) is 0 Å². The van der Waals surface area contributed by atoms with Crippen molar-refractivity contribution < 1.29 is 19.0 Å². The molecule has 0 saturated heterocycles. The number of amides is 2. The number of pyridine rings is 1. The molecular formula is C19H23N3O4. The standard InChI is InChI=1S/C19H23N3O4/c1-19(2)12-22(11-13-5-6-14(24-3)9-16(13)26-19)18(23)21-17-10-15(25-4)7-8-20-17/h5-10H,11-12H2,1-4H3,(H,20,21,23). The fourth-order valence-electron chi connectivity index (χ4n) is 2.88. The summed E-state index contributed by atoms with van der Waals surface area (Å²) in [4.78, 5) is 18.7. The van der Waals surface area contributed by atoms with Crippen LogP contribution in [0.4, 0.5) is 10.6 Å². The van der Waals surface area contributed by atoms with Crippen molar-refractivity contribution in [2.24, 2.45) is 0 Å². The zero-order valence-electron chi connectivity index (χ0n) is 15.4. The second-order valence-corrected chi connectivity index (χ2v) is 6.70. The van der Waals surface area contributed by atoms with E-state index in [1.807, 2.05) is 32.0 Å². The monoisotopic (exact) mass is 357 g/mol. The lowest BCUT2D eigenvalue weighted by atomic mass is 10.1. The normalized spacial score (nSPS) is 15.3. The van der Waals surface area contributed by atoms with Crippen LogP contribution in [0.1, 0.15) is 19.4 Å². The molecule has 0 unspecified atom stereocenters. The van der Waals surface area contributed by atoms with Gasteiger partial charge in [-0.15, -0.1) is 0 Å². The molecule has 26 heavy (non-hydrogen) atoms. The summed E-state index contributed by atoms with van der Waals surface area (Å²) >= 11 is 0. The Morgan fingerprint density at radius 1 is 1.19 bits per heavy atom. The van der Waals surface area contributed by atoms with Crippen molar-refractivity contribution in [3.63, 3.8) is 0 Å². The number of anilines is 1. The summed E-state index contributed by atoms with van der Waals surface area (Å²) in [5.41, 5.74) is 0.377. The number of benzene rings is 1. The lowest BCUT2D eigenvalue weighted by Crippen LogP contribution is -2.44. The van der Waals surface area contributed by atoms with Crippen LogP contribution in [0.5, 0.6) is 17.2 Å². The number of hydrogen-bond donors (Lipinski definition) is 1. The van der Waals surface area contributed by atoms with Gasteiger partial charge in [0.25, 0.3) is 0 Å². The summed E-state index contributed by atoms with van der Waals surface area (Å²) in [6.07, 6.45) is 1.59. The zero-order chi connectivity index (χ0) is 18.7. The molecule has 1 aromatic carbocycles. The molecule has 0 saturated carbocycles. The van der Waals surface area contributed by atoms with Gasteiger partial charge in [0.1, 0.15) is 28.7 Å². The molecule has 0 atom stereocenters. The maximum atomic E-state index is 12.8. The van der Waals surface area contributed by atoms with Gasteiger partial charge in [0, 0.05) is 23.9 Å². The number of rotatable bonds is 3. The summed E-state index contributed by atoms with van der Waals surface area (Å²) in [6.45, 7) is 4.76. The molecule has 1 N–H and O–H groups in total. The quantitative estimate of drug-likeness (QED) is 0.912. The van der Waals surface area contributed by atoms with E-state index in [4.69, 9.17) is 14.2 Å². The van der Waals surface area contributed by atoms with Gasteiger partial charge in [-0.3, -0.25) is 5.32 Å². The van der Waals surface area contributed by atoms with E-state index < -0.39 is 5.60 Å². The average molecular weight is 357 g/mol. The van der Waals surface area contributed by atoms with Gasteiger partial charge in [-0.25, -0.2) is 9.78 Å². The van der Waals surface area contributed by atoms with Gasteiger partial charge in [0.05, 0.1) is 27.3 Å². The van der Waals surface area contributed by atoms with Gasteiger partial charge in [0.2, 0.25) is 0 Å². The van der Waals surface area contributed by atoms with Gasteiger partial charge in [-0.2, -0.15) is 0 Å². The minimum Gasteiger partial charge on any atom is -0.497 e. The van der Waals surface area contributed by atoms with Gasteiger partial charge in [-0.05, 0) is 32.0 Å². The predicted octanol–water partition coefficient (Wildman–Crippen LogP) is 3.30. The summed E-state index contributed by atoms with van der Waals surface area (Å²) in [7, 11) is 3.19. The molecule has 7 heteroatoms. The van der Waals surface area contributed by atoms with Crippen LogP contribution in [0.3, 0.4) is 0 Å². The number of hydrogen-bond acceptors (Lipinski definition) is 5. The van der Waals surface area contributed by atoms with E-state index in [1.54, 1.807) is 37.4 Å². The van der Waals surface area contributed by atoms with E-state index in [0.29, 0.717) is 24.7 Å². The van der Waals surface area contributed by atoms with Crippen LogP contribution in [-0.2, 0) is 6.54 Å². The van der Waals surface area contributed by atoms with Gasteiger partial charge in [0.15, 0.2) is 0 Å². The maximum Gasteiger partial charge on any atom is 0.323 e. The molecule has 1 aliphatic heterocycles. The van der Waals surface area contributed by atoms with Crippen molar-refractivity contribution in [1.82, 2.24) is 9.88 Å². The van der Waals surface area contributed by atoms with Gasteiger partial charge in [-0.1, -0.05) is 0 Å². The Balaban J connectivity index is 1.83. The van der Waals surface area contributed by atoms with Crippen LogP contribution >= 0.6 is 0 Å². The molecule has 0 spiro atoms. The van der Waals surface area contributed by atoms with Crippen LogP contribution < -0.4 is 19.5 Å². The molecule has 2 heterocycles. The first-order chi connectivity index (χ1) is 12.4. The Kier molecular flexibility index (Phi) is 4.88. The second kappa shape index (κ2) is 7.11. The number of nitrogens with zero attached hydrogens (tertiary/aromatic N) is 2. The van der Waals surface area contributed by atoms with E-state index >= 15 is 0 Å². The van der Waals surface area contributed by atoms with Crippen molar-refractivity contribution in [2.75, 3.05) is 26.1 Å². The maximum absolute atomic E-state index is 12.8. The molecule has 0 bridgehead atoms. The van der Waals surface area contributed by atoms with E-state index in [2.05, 4.69) is 10.3 Å². The third-order valence-corrected chi connectivity index (χ3v) is 4.08. The second-order valence-electron chi connectivity index (χ2n) is 6.70. The van der Waals surface area contributed by atoms with Crippen molar-refractivity contribution in [3.8, 4) is 17.2 Å². The van der Waals surface area contributed by atoms with E-state index in [1.165, 1.54) is 0 Å². The Morgan fingerprint density at radius 3 is 2.65 bits per heavy atom. The first-order valence-electron chi connectivity index (χ1n) is 8.32. The summed E-state index contributed by atoms with van der Waals surface area (Å²) in [5.74, 6) is 2.52. The van der Waals surface area contributed by atoms with E-state index in [9.17, 15) is 4.79 Å². The number of nitrogens with one attached hydrogen (secondary N) is 1. The highest BCUT2D eigenvalue weighted by atomic mass is 16.5. The molecule has 2 aromatic rings. The third kappa shape index (κ3) is 3.99.